The molecule has 0 aromatic carbocycles. The second kappa shape index (κ2) is 5.97. The van der Waals surface area contributed by atoms with Gasteiger partial charge >= 0.3 is 0 Å². The molecule has 0 aromatic heterocycles. The van der Waals surface area contributed by atoms with E-state index in [1.54, 1.807) is 7.05 Å². The van der Waals surface area contributed by atoms with Crippen LogP contribution in [0.1, 0.15) is 34.1 Å². The van der Waals surface area contributed by atoms with E-state index in [1.807, 2.05) is 0 Å². The largest absolute Gasteiger partial charge is 0.359 e. The fraction of sp³-hybridized carbons (Fsp3) is 0.900. The van der Waals surface area contributed by atoms with Crippen LogP contribution in [-0.2, 0) is 4.79 Å². The monoisotopic (exact) mass is 186 g/mol. The van der Waals surface area contributed by atoms with E-state index in [0.717, 1.165) is 6.54 Å². The number of hydrogen-bond acceptors (Lipinski definition) is 2. The Bertz CT molecular complexity index is 147. The van der Waals surface area contributed by atoms with Crippen molar-refractivity contribution in [3.05, 3.63) is 0 Å². The SMILES string of the molecule is CNC(=O)CCN(C(C)C)C(C)C. The molecule has 0 aliphatic carbocycles. The molecule has 13 heavy (non-hydrogen) atoms. The van der Waals surface area contributed by atoms with Gasteiger partial charge in [-0.1, -0.05) is 0 Å². The summed E-state index contributed by atoms with van der Waals surface area (Å²) < 4.78 is 0. The molecule has 78 valence electrons. The molecule has 0 aromatic rings. The van der Waals surface area contributed by atoms with Crippen LogP contribution < -0.4 is 5.32 Å². The smallest absolute Gasteiger partial charge is 0.221 e. The van der Waals surface area contributed by atoms with Crippen molar-refractivity contribution in [2.45, 2.75) is 46.2 Å². The zero-order valence-electron chi connectivity index (χ0n) is 9.42. The van der Waals surface area contributed by atoms with E-state index in [0.29, 0.717) is 18.5 Å². The fourth-order valence-electron chi connectivity index (χ4n) is 1.47. The molecule has 0 atom stereocenters. The van der Waals surface area contributed by atoms with Gasteiger partial charge < -0.3 is 5.32 Å². The topological polar surface area (TPSA) is 32.3 Å². The number of carbonyl (C=O) groups excluding carboxylic acids is 1. The Hall–Kier alpha value is -0.570. The van der Waals surface area contributed by atoms with E-state index in [2.05, 4.69) is 37.9 Å². The van der Waals surface area contributed by atoms with E-state index < -0.39 is 0 Å². The fourth-order valence-corrected chi connectivity index (χ4v) is 1.47. The van der Waals surface area contributed by atoms with Gasteiger partial charge in [-0.3, -0.25) is 9.69 Å². The zero-order chi connectivity index (χ0) is 10.4. The third-order valence-corrected chi connectivity index (χ3v) is 2.20. The highest BCUT2D eigenvalue weighted by atomic mass is 16.1. The Morgan fingerprint density at radius 3 is 2.00 bits per heavy atom. The third-order valence-electron chi connectivity index (χ3n) is 2.20. The number of nitrogens with zero attached hydrogens (tertiary/aromatic N) is 1. The minimum atomic E-state index is 0.117. The van der Waals surface area contributed by atoms with Gasteiger partial charge in [0.2, 0.25) is 5.91 Å². The lowest BCUT2D eigenvalue weighted by atomic mass is 10.2. The highest BCUT2D eigenvalue weighted by Gasteiger charge is 2.13. The summed E-state index contributed by atoms with van der Waals surface area (Å²) in [6, 6.07) is 1.01. The molecule has 1 N–H and O–H groups in total. The van der Waals surface area contributed by atoms with Crippen LogP contribution >= 0.6 is 0 Å². The highest BCUT2D eigenvalue weighted by Crippen LogP contribution is 2.05. The second-order valence-electron chi connectivity index (χ2n) is 3.85. The van der Waals surface area contributed by atoms with Crippen molar-refractivity contribution in [2.75, 3.05) is 13.6 Å². The van der Waals surface area contributed by atoms with Gasteiger partial charge in [-0.05, 0) is 27.7 Å². The van der Waals surface area contributed by atoms with Crippen molar-refractivity contribution >= 4 is 5.91 Å². The average molecular weight is 186 g/mol. The summed E-state index contributed by atoms with van der Waals surface area (Å²) in [5.74, 6) is 0.117. The highest BCUT2D eigenvalue weighted by molar-refractivity contribution is 5.75. The summed E-state index contributed by atoms with van der Waals surface area (Å²) in [6.07, 6.45) is 0.590. The number of amides is 1. The van der Waals surface area contributed by atoms with Gasteiger partial charge in [-0.15, -0.1) is 0 Å². The van der Waals surface area contributed by atoms with Crippen LogP contribution in [0.5, 0.6) is 0 Å². The van der Waals surface area contributed by atoms with Gasteiger partial charge in [-0.2, -0.15) is 0 Å². The minimum Gasteiger partial charge on any atom is -0.359 e. The second-order valence-corrected chi connectivity index (χ2v) is 3.85. The van der Waals surface area contributed by atoms with E-state index in [9.17, 15) is 4.79 Å². The number of carbonyl (C=O) groups is 1. The molecule has 0 saturated heterocycles. The molecular formula is C10H22N2O. The van der Waals surface area contributed by atoms with Crippen LogP contribution in [0.4, 0.5) is 0 Å². The minimum absolute atomic E-state index is 0.117. The zero-order valence-corrected chi connectivity index (χ0v) is 9.42. The van der Waals surface area contributed by atoms with Crippen LogP contribution in [-0.4, -0.2) is 36.5 Å². The summed E-state index contributed by atoms with van der Waals surface area (Å²) in [7, 11) is 1.68. The number of hydrogen-bond donors (Lipinski definition) is 1. The normalized spacial score (nSPS) is 11.4. The van der Waals surface area contributed by atoms with E-state index in [1.165, 1.54) is 0 Å². The molecule has 0 bridgehead atoms. The van der Waals surface area contributed by atoms with Gasteiger partial charge in [0.05, 0.1) is 0 Å². The molecule has 0 saturated carbocycles. The number of nitrogens with one attached hydrogen (secondary N) is 1. The summed E-state index contributed by atoms with van der Waals surface area (Å²) >= 11 is 0. The molecule has 0 radical (unpaired) electrons. The van der Waals surface area contributed by atoms with Crippen molar-refractivity contribution in [1.29, 1.82) is 0 Å². The average Bonchev–Trinajstić information content (AvgIpc) is 2.03. The van der Waals surface area contributed by atoms with Crippen molar-refractivity contribution < 1.29 is 4.79 Å². The Morgan fingerprint density at radius 2 is 1.69 bits per heavy atom. The van der Waals surface area contributed by atoms with Gasteiger partial charge in [0.25, 0.3) is 0 Å². The lowest BCUT2D eigenvalue weighted by Gasteiger charge is -2.30. The van der Waals surface area contributed by atoms with Crippen LogP contribution in [0.3, 0.4) is 0 Å². The predicted octanol–water partition coefficient (Wildman–Crippen LogP) is 1.24. The molecule has 0 aliphatic heterocycles. The molecule has 0 aliphatic rings. The van der Waals surface area contributed by atoms with Gasteiger partial charge in [0.15, 0.2) is 0 Å². The predicted molar refractivity (Wildman–Crippen MR) is 55.7 cm³/mol. The molecule has 0 rings (SSSR count). The molecule has 0 fully saturated rings. The van der Waals surface area contributed by atoms with Gasteiger partial charge in [-0.25, -0.2) is 0 Å². The summed E-state index contributed by atoms with van der Waals surface area (Å²) in [5, 5.41) is 2.63. The molecule has 3 nitrogen and oxygen atoms in total. The first-order valence-corrected chi connectivity index (χ1v) is 4.95. The Labute approximate surface area is 81.5 Å². The van der Waals surface area contributed by atoms with Crippen LogP contribution in [0.15, 0.2) is 0 Å². The molecular weight excluding hydrogens is 164 g/mol. The van der Waals surface area contributed by atoms with Gasteiger partial charge in [0.1, 0.15) is 0 Å². The van der Waals surface area contributed by atoms with Crippen LogP contribution in [0.25, 0.3) is 0 Å². The molecule has 0 spiro atoms. The lowest BCUT2D eigenvalue weighted by Crippen LogP contribution is -2.39. The standard InChI is InChI=1S/C10H22N2O/c1-8(2)12(9(3)4)7-6-10(13)11-5/h8-9H,6-7H2,1-5H3,(H,11,13). The lowest BCUT2D eigenvalue weighted by molar-refractivity contribution is -0.121. The quantitative estimate of drug-likeness (QED) is 0.700. The first-order valence-electron chi connectivity index (χ1n) is 4.95. The molecule has 3 heteroatoms. The van der Waals surface area contributed by atoms with E-state index >= 15 is 0 Å². The molecule has 0 unspecified atom stereocenters. The number of rotatable bonds is 5. The van der Waals surface area contributed by atoms with Crippen molar-refractivity contribution in [1.82, 2.24) is 10.2 Å². The molecule has 1 amide bonds. The van der Waals surface area contributed by atoms with E-state index in [-0.39, 0.29) is 5.91 Å². The van der Waals surface area contributed by atoms with Crippen LogP contribution in [0, 0.1) is 0 Å². The summed E-state index contributed by atoms with van der Waals surface area (Å²) in [6.45, 7) is 9.47. The van der Waals surface area contributed by atoms with Crippen molar-refractivity contribution in [3.8, 4) is 0 Å². The maximum absolute atomic E-state index is 11.0. The third kappa shape index (κ3) is 4.88. The maximum atomic E-state index is 11.0. The van der Waals surface area contributed by atoms with Crippen molar-refractivity contribution in [2.24, 2.45) is 0 Å². The summed E-state index contributed by atoms with van der Waals surface area (Å²) in [5.41, 5.74) is 0. The van der Waals surface area contributed by atoms with Crippen molar-refractivity contribution in [3.63, 3.8) is 0 Å². The molecule has 0 heterocycles. The Balaban J connectivity index is 3.90. The Kier molecular flexibility index (Phi) is 5.71. The Morgan fingerprint density at radius 1 is 1.23 bits per heavy atom. The van der Waals surface area contributed by atoms with Gasteiger partial charge in [0, 0.05) is 32.1 Å². The van der Waals surface area contributed by atoms with E-state index in [4.69, 9.17) is 0 Å². The van der Waals surface area contributed by atoms with Crippen LogP contribution in [0.2, 0.25) is 0 Å². The first-order chi connectivity index (χ1) is 5.99. The first kappa shape index (κ1) is 12.4. The summed E-state index contributed by atoms with van der Waals surface area (Å²) in [4.78, 5) is 13.3. The maximum Gasteiger partial charge on any atom is 0.221 e.